The van der Waals surface area contributed by atoms with E-state index in [0.717, 1.165) is 0 Å². The van der Waals surface area contributed by atoms with Gasteiger partial charge in [-0.2, -0.15) is 0 Å². The molecule has 0 aliphatic rings. The largest absolute Gasteiger partial charge is 0.451 e. The van der Waals surface area contributed by atoms with Crippen LogP contribution >= 0.6 is 11.6 Å². The summed E-state index contributed by atoms with van der Waals surface area (Å²) in [4.78, 5) is 25.4. The molecule has 0 spiro atoms. The number of hydrogen-bond donors (Lipinski definition) is 2. The molecular weight excluding hydrogens is 397 g/mol. The summed E-state index contributed by atoms with van der Waals surface area (Å²) in [5.41, 5.74) is 3.94. The zero-order valence-corrected chi connectivity index (χ0v) is 16.0. The van der Waals surface area contributed by atoms with E-state index in [1.165, 1.54) is 28.8 Å². The van der Waals surface area contributed by atoms with Crippen LogP contribution in [0.2, 0.25) is 5.02 Å². The fourth-order valence-corrected chi connectivity index (χ4v) is 3.54. The summed E-state index contributed by atoms with van der Waals surface area (Å²) in [6.07, 6.45) is 0. The van der Waals surface area contributed by atoms with E-state index in [9.17, 15) is 14.0 Å². The number of carbonyl (C=O) groups excluding carboxylic acids is 2. The van der Waals surface area contributed by atoms with Crippen LogP contribution in [0.25, 0.3) is 22.2 Å². The van der Waals surface area contributed by atoms with Gasteiger partial charge in [0, 0.05) is 16.6 Å². The van der Waals surface area contributed by atoms with Gasteiger partial charge in [0.2, 0.25) is 0 Å². The lowest BCUT2D eigenvalue weighted by Gasteiger charge is -2.05. The van der Waals surface area contributed by atoms with E-state index >= 15 is 0 Å². The van der Waals surface area contributed by atoms with Crippen molar-refractivity contribution >= 4 is 34.3 Å². The van der Waals surface area contributed by atoms with Gasteiger partial charge < -0.3 is 4.42 Å². The number of amides is 1. The van der Waals surface area contributed by atoms with Crippen molar-refractivity contribution in [3.05, 3.63) is 82.5 Å². The van der Waals surface area contributed by atoms with Crippen molar-refractivity contribution in [1.82, 2.24) is 9.99 Å². The number of carbonyl (C=O) groups is 2. The van der Waals surface area contributed by atoms with Crippen molar-refractivity contribution < 1.29 is 18.4 Å². The molecule has 4 aromatic rings. The molecule has 3 N–H and O–H groups in total. The number of furan rings is 1. The van der Waals surface area contributed by atoms with Crippen molar-refractivity contribution in [2.24, 2.45) is 5.84 Å². The normalized spacial score (nSPS) is 11.0. The van der Waals surface area contributed by atoms with Crippen LogP contribution in [0.1, 0.15) is 26.6 Å². The van der Waals surface area contributed by atoms with Crippen LogP contribution in [0.5, 0.6) is 0 Å². The molecule has 6 nitrogen and oxygen atoms in total. The summed E-state index contributed by atoms with van der Waals surface area (Å²) in [5, 5.41) is 0.551. The maximum Gasteiger partial charge on any atom is 0.298 e. The number of nitrogens with zero attached hydrogens (tertiary/aromatic N) is 1. The lowest BCUT2D eigenvalue weighted by Crippen LogP contribution is -2.30. The summed E-state index contributed by atoms with van der Waals surface area (Å²) in [6.45, 7) is 1.66. The number of nitrogens with one attached hydrogen (secondary N) is 1. The molecule has 8 heteroatoms. The molecule has 0 atom stereocenters. The number of halogens is 2. The lowest BCUT2D eigenvalue weighted by atomic mass is 10.1. The molecule has 0 bridgehead atoms. The average Bonchev–Trinajstić information content (AvgIpc) is 3.32. The van der Waals surface area contributed by atoms with Crippen molar-refractivity contribution in [3.63, 3.8) is 0 Å². The minimum Gasteiger partial charge on any atom is -0.451 e. The minimum atomic E-state index is -0.543. The molecule has 4 rings (SSSR count). The summed E-state index contributed by atoms with van der Waals surface area (Å²) >= 11 is 5.83. The third-order valence-corrected chi connectivity index (χ3v) is 4.98. The monoisotopic (exact) mass is 411 g/mol. The first kappa shape index (κ1) is 18.9. The van der Waals surface area contributed by atoms with Crippen molar-refractivity contribution in [2.75, 3.05) is 0 Å². The van der Waals surface area contributed by atoms with Crippen LogP contribution in [0.3, 0.4) is 0 Å². The third-order valence-electron chi connectivity index (χ3n) is 4.69. The minimum absolute atomic E-state index is 0.0449. The Balaban J connectivity index is 1.81. The molecule has 0 saturated carbocycles. The van der Waals surface area contributed by atoms with E-state index in [-0.39, 0.29) is 10.8 Å². The zero-order chi connectivity index (χ0) is 20.7. The predicted molar refractivity (Wildman–Crippen MR) is 107 cm³/mol. The van der Waals surface area contributed by atoms with Crippen LogP contribution in [-0.4, -0.2) is 16.4 Å². The number of nitrogen functional groups attached to an aromatic ring is 1. The van der Waals surface area contributed by atoms with Crippen LogP contribution in [0.15, 0.2) is 59.0 Å². The first-order chi connectivity index (χ1) is 13.9. The molecule has 0 radical (unpaired) electrons. The molecule has 0 unspecified atom stereocenters. The SMILES string of the molecule is Cc1c(C(=O)NN)c2ccccc2n1C(=O)c1ccc(-c2ccc(F)c(Cl)c2)o1. The first-order valence-corrected chi connectivity index (χ1v) is 9.01. The van der Waals surface area contributed by atoms with E-state index in [1.807, 2.05) is 0 Å². The molecule has 2 heterocycles. The summed E-state index contributed by atoms with van der Waals surface area (Å²) in [6, 6.07) is 14.3. The van der Waals surface area contributed by atoms with E-state index in [2.05, 4.69) is 5.43 Å². The number of para-hydroxylation sites is 1. The van der Waals surface area contributed by atoms with Gasteiger partial charge in [0.1, 0.15) is 11.6 Å². The van der Waals surface area contributed by atoms with Crippen molar-refractivity contribution in [3.8, 4) is 11.3 Å². The van der Waals surface area contributed by atoms with Crippen LogP contribution in [0.4, 0.5) is 4.39 Å². The molecule has 1 amide bonds. The predicted octanol–water partition coefficient (Wildman–Crippen LogP) is 4.29. The highest BCUT2D eigenvalue weighted by Crippen LogP contribution is 2.30. The molecule has 2 aromatic heterocycles. The molecule has 146 valence electrons. The highest BCUT2D eigenvalue weighted by atomic mass is 35.5. The fraction of sp³-hybridized carbons (Fsp3) is 0.0476. The van der Waals surface area contributed by atoms with Gasteiger partial charge in [-0.05, 0) is 43.3 Å². The molecule has 0 aliphatic heterocycles. The molecule has 29 heavy (non-hydrogen) atoms. The van der Waals surface area contributed by atoms with Crippen molar-refractivity contribution in [2.45, 2.75) is 6.92 Å². The summed E-state index contributed by atoms with van der Waals surface area (Å²) < 4.78 is 20.5. The maximum absolute atomic E-state index is 13.4. The second kappa shape index (κ2) is 7.20. The number of rotatable bonds is 3. The second-order valence-corrected chi connectivity index (χ2v) is 6.79. The quantitative estimate of drug-likeness (QED) is 0.299. The molecule has 0 aliphatic carbocycles. The van der Waals surface area contributed by atoms with Gasteiger partial charge in [0.25, 0.3) is 11.8 Å². The number of hydrogen-bond acceptors (Lipinski definition) is 4. The lowest BCUT2D eigenvalue weighted by molar-refractivity contribution is 0.0936. The van der Waals surface area contributed by atoms with Gasteiger partial charge in [-0.25, -0.2) is 10.2 Å². The Bertz CT molecular complexity index is 1280. The highest BCUT2D eigenvalue weighted by molar-refractivity contribution is 6.31. The number of nitrogens with two attached hydrogens (primary N) is 1. The van der Waals surface area contributed by atoms with Gasteiger partial charge in [0.15, 0.2) is 5.76 Å². The molecule has 0 fully saturated rings. The number of benzene rings is 2. The summed E-state index contributed by atoms with van der Waals surface area (Å²) in [5.74, 6) is 4.24. The van der Waals surface area contributed by atoms with E-state index < -0.39 is 17.6 Å². The van der Waals surface area contributed by atoms with Crippen LogP contribution < -0.4 is 11.3 Å². The smallest absolute Gasteiger partial charge is 0.298 e. The van der Waals surface area contributed by atoms with Crippen LogP contribution in [-0.2, 0) is 0 Å². The number of hydrazine groups is 1. The summed E-state index contributed by atoms with van der Waals surface area (Å²) in [7, 11) is 0. The van der Waals surface area contributed by atoms with Crippen molar-refractivity contribution in [1.29, 1.82) is 0 Å². The van der Waals surface area contributed by atoms with E-state index in [1.54, 1.807) is 37.3 Å². The Morgan fingerprint density at radius 2 is 1.90 bits per heavy atom. The van der Waals surface area contributed by atoms with E-state index in [4.69, 9.17) is 21.9 Å². The number of aromatic nitrogens is 1. The first-order valence-electron chi connectivity index (χ1n) is 8.63. The van der Waals surface area contributed by atoms with Gasteiger partial charge in [-0.1, -0.05) is 29.8 Å². The highest BCUT2D eigenvalue weighted by Gasteiger charge is 2.25. The Morgan fingerprint density at radius 3 is 2.62 bits per heavy atom. The standard InChI is InChI=1S/C21H15ClFN3O3/c1-11-19(20(27)25-24)13-4-2-3-5-16(13)26(11)21(28)18-9-8-17(29-18)12-6-7-15(23)14(22)10-12/h2-10H,24H2,1H3,(H,25,27). The van der Waals surface area contributed by atoms with Gasteiger partial charge in [-0.15, -0.1) is 0 Å². The van der Waals surface area contributed by atoms with Gasteiger partial charge >= 0.3 is 0 Å². The molecular formula is C21H15ClFN3O3. The average molecular weight is 412 g/mol. The Kier molecular flexibility index (Phi) is 4.70. The van der Waals surface area contributed by atoms with E-state index in [0.29, 0.717) is 33.5 Å². The molecule has 0 saturated heterocycles. The number of fused-ring (bicyclic) bond motifs is 1. The maximum atomic E-state index is 13.4. The Morgan fingerprint density at radius 1 is 1.14 bits per heavy atom. The van der Waals surface area contributed by atoms with Gasteiger partial charge in [0.05, 0.1) is 16.1 Å². The Hall–Kier alpha value is -3.42. The Labute approximate surface area is 169 Å². The second-order valence-electron chi connectivity index (χ2n) is 6.38. The van der Waals surface area contributed by atoms with Crippen LogP contribution in [0, 0.1) is 12.7 Å². The topological polar surface area (TPSA) is 90.3 Å². The zero-order valence-electron chi connectivity index (χ0n) is 15.2. The van der Waals surface area contributed by atoms with Gasteiger partial charge in [-0.3, -0.25) is 19.6 Å². The third kappa shape index (κ3) is 3.10. The fourth-order valence-electron chi connectivity index (χ4n) is 3.36. The molecule has 2 aromatic carbocycles.